The minimum absolute atomic E-state index is 1.62. The van der Waals surface area contributed by atoms with Crippen LogP contribution in [-0.2, 0) is 38.3 Å². The highest BCUT2D eigenvalue weighted by molar-refractivity contribution is 5.79. The van der Waals surface area contributed by atoms with Gasteiger partial charge in [0.25, 0.3) is 12.2 Å². The second kappa shape index (κ2) is 15.5. The van der Waals surface area contributed by atoms with Gasteiger partial charge in [0.1, 0.15) is 0 Å². The molecular formula is C18H4F30O8. The van der Waals surface area contributed by atoms with E-state index in [-0.39, 0.29) is 0 Å². The molecule has 8 nitrogen and oxygen atoms in total. The highest BCUT2D eigenvalue weighted by Crippen LogP contribution is 2.52. The largest absolute Gasteiger partial charge is 0.462 e. The summed E-state index contributed by atoms with van der Waals surface area (Å²) in [5.41, 5.74) is 0. The normalized spacial score (nSPS) is 17.6. The Morgan fingerprint density at radius 3 is 0.696 bits per heavy atom. The fourth-order valence-corrected chi connectivity index (χ4v) is 2.53. The molecule has 4 unspecified atom stereocenters. The van der Waals surface area contributed by atoms with Crippen LogP contribution in [0.2, 0.25) is 0 Å². The SMILES string of the molecule is O=C(OOC(=O)C(OC(F)(F)C(OC(F)(F)C(F)(F)C(F)(F)F)C(F)(F)F)C(F)(F)F)C(OC(F)(F)C(OC(F)(F)C(F)(F)C(F)(F)F)C(F)(F)F)C(F)(F)F. The number of halogens is 30. The van der Waals surface area contributed by atoms with E-state index < -0.39 is 110 Å². The van der Waals surface area contributed by atoms with Gasteiger partial charge in [-0.2, -0.15) is 132 Å². The van der Waals surface area contributed by atoms with Crippen molar-refractivity contribution in [2.75, 3.05) is 0 Å². The Kier molecular flexibility index (Phi) is 14.5. The third kappa shape index (κ3) is 12.1. The van der Waals surface area contributed by atoms with Gasteiger partial charge in [-0.3, -0.25) is 18.9 Å². The van der Waals surface area contributed by atoms with E-state index >= 15 is 0 Å². The Bertz CT molecular complexity index is 1250. The lowest BCUT2D eigenvalue weighted by Gasteiger charge is -2.35. The second-order valence-corrected chi connectivity index (χ2v) is 9.26. The van der Waals surface area contributed by atoms with Gasteiger partial charge in [-0.05, 0) is 0 Å². The van der Waals surface area contributed by atoms with Crippen molar-refractivity contribution >= 4 is 11.9 Å². The van der Waals surface area contributed by atoms with E-state index in [1.54, 1.807) is 9.47 Å². The molecule has 0 saturated heterocycles. The van der Waals surface area contributed by atoms with Gasteiger partial charge >= 0.3 is 85.3 Å². The van der Waals surface area contributed by atoms with Gasteiger partial charge < -0.3 is 0 Å². The van der Waals surface area contributed by atoms with Crippen molar-refractivity contribution < 1.29 is 170 Å². The number of alkyl halides is 30. The molecule has 0 aromatic rings. The maximum atomic E-state index is 14.0. The van der Waals surface area contributed by atoms with Crippen LogP contribution in [0.25, 0.3) is 0 Å². The predicted molar refractivity (Wildman–Crippen MR) is 97.7 cm³/mol. The van der Waals surface area contributed by atoms with E-state index in [0.717, 1.165) is 0 Å². The number of carbonyl (C=O) groups is 2. The zero-order valence-corrected chi connectivity index (χ0v) is 23.9. The third-order valence-corrected chi connectivity index (χ3v) is 4.96. The van der Waals surface area contributed by atoms with Crippen molar-refractivity contribution in [1.29, 1.82) is 0 Å². The molecule has 0 aromatic heterocycles. The smallest absolute Gasteiger partial charge is 0.293 e. The fourth-order valence-electron chi connectivity index (χ4n) is 2.53. The van der Waals surface area contributed by atoms with Crippen LogP contribution in [0.15, 0.2) is 0 Å². The molecule has 4 atom stereocenters. The van der Waals surface area contributed by atoms with Gasteiger partial charge in [0, 0.05) is 0 Å². The summed E-state index contributed by atoms with van der Waals surface area (Å²) in [5, 5.41) is 0. The molecule has 0 amide bonds. The summed E-state index contributed by atoms with van der Waals surface area (Å²) in [5.74, 6) is -24.5. The highest BCUT2D eigenvalue weighted by atomic mass is 19.5. The van der Waals surface area contributed by atoms with Crippen LogP contribution in [0.4, 0.5) is 132 Å². The molecule has 0 aliphatic carbocycles. The van der Waals surface area contributed by atoms with E-state index in [0.29, 0.717) is 0 Å². The zero-order valence-electron chi connectivity index (χ0n) is 23.9. The minimum atomic E-state index is -7.94. The zero-order chi connectivity index (χ0) is 45.7. The van der Waals surface area contributed by atoms with Gasteiger partial charge in [0.15, 0.2) is 0 Å². The van der Waals surface area contributed by atoms with Crippen LogP contribution in [-0.4, -0.2) is 110 Å². The quantitative estimate of drug-likeness (QED) is 0.0974. The maximum Gasteiger partial charge on any atom is 0.462 e. The first-order valence-electron chi connectivity index (χ1n) is 11.7. The minimum Gasteiger partial charge on any atom is -0.293 e. The number of ether oxygens (including phenoxy) is 4. The van der Waals surface area contributed by atoms with Crippen LogP contribution >= 0.6 is 0 Å². The molecule has 0 radical (unpaired) electrons. The van der Waals surface area contributed by atoms with Crippen molar-refractivity contribution in [3.63, 3.8) is 0 Å². The van der Waals surface area contributed by atoms with E-state index in [1.165, 1.54) is 0 Å². The molecular weight excluding hydrogens is 914 g/mol. The summed E-state index contributed by atoms with van der Waals surface area (Å²) in [6.45, 7) is 0. The molecule has 0 rings (SSSR count). The maximum absolute atomic E-state index is 14.0. The fraction of sp³-hybridized carbons (Fsp3) is 0.889. The summed E-state index contributed by atoms with van der Waals surface area (Å²) >= 11 is 0. The molecule has 0 aliphatic heterocycles. The predicted octanol–water partition coefficient (Wildman–Crippen LogP) is 8.54. The molecule has 0 N–H and O–H groups in total. The molecule has 56 heavy (non-hydrogen) atoms. The Balaban J connectivity index is 6.68. The first-order chi connectivity index (χ1) is 23.9. The number of hydrogen-bond acceptors (Lipinski definition) is 8. The van der Waals surface area contributed by atoms with E-state index in [9.17, 15) is 141 Å². The van der Waals surface area contributed by atoms with E-state index in [4.69, 9.17) is 0 Å². The molecule has 38 heteroatoms. The molecule has 334 valence electrons. The van der Waals surface area contributed by atoms with Crippen molar-refractivity contribution in [2.45, 2.75) is 97.8 Å². The van der Waals surface area contributed by atoms with Crippen LogP contribution in [0.5, 0.6) is 0 Å². The van der Waals surface area contributed by atoms with Crippen LogP contribution in [0, 0.1) is 0 Å². The third-order valence-electron chi connectivity index (χ3n) is 4.96. The molecule has 0 bridgehead atoms. The van der Waals surface area contributed by atoms with Crippen LogP contribution < -0.4 is 0 Å². The summed E-state index contributed by atoms with van der Waals surface area (Å²) in [7, 11) is 0. The highest BCUT2D eigenvalue weighted by Gasteiger charge is 2.79. The Morgan fingerprint density at radius 2 is 0.536 bits per heavy atom. The Hall–Kier alpha value is -3.32. The number of carbonyl (C=O) groups excluding carboxylic acids is 2. The van der Waals surface area contributed by atoms with Gasteiger partial charge in [-0.25, -0.2) is 19.4 Å². The van der Waals surface area contributed by atoms with Gasteiger partial charge in [0.2, 0.25) is 12.2 Å². The molecule has 0 fully saturated rings. The van der Waals surface area contributed by atoms with Crippen molar-refractivity contribution in [1.82, 2.24) is 0 Å². The number of hydrogen-bond donors (Lipinski definition) is 0. The van der Waals surface area contributed by atoms with Crippen molar-refractivity contribution in [3.8, 4) is 0 Å². The average molecular weight is 918 g/mol. The topological polar surface area (TPSA) is 89.5 Å². The summed E-state index contributed by atoms with van der Waals surface area (Å²) < 4.78 is 396. The molecule has 0 heterocycles. The lowest BCUT2D eigenvalue weighted by Crippen LogP contribution is -2.61. The Labute approximate surface area is 281 Å². The van der Waals surface area contributed by atoms with Gasteiger partial charge in [-0.1, -0.05) is 0 Å². The lowest BCUT2D eigenvalue weighted by atomic mass is 10.2. The second-order valence-electron chi connectivity index (χ2n) is 9.26. The summed E-state index contributed by atoms with van der Waals surface area (Å²) in [4.78, 5) is 27.6. The van der Waals surface area contributed by atoms with E-state index in [1.807, 2.05) is 9.47 Å². The van der Waals surface area contributed by atoms with Gasteiger partial charge in [-0.15, -0.1) is 0 Å². The van der Waals surface area contributed by atoms with Crippen LogP contribution in [0.1, 0.15) is 0 Å². The molecule has 0 aliphatic rings. The average Bonchev–Trinajstić information content (AvgIpc) is 2.91. The monoisotopic (exact) mass is 918 g/mol. The molecule has 0 spiro atoms. The molecule has 0 aromatic carbocycles. The van der Waals surface area contributed by atoms with Crippen molar-refractivity contribution in [2.24, 2.45) is 0 Å². The van der Waals surface area contributed by atoms with Crippen molar-refractivity contribution in [3.05, 3.63) is 0 Å². The Morgan fingerprint density at radius 1 is 0.321 bits per heavy atom. The first-order valence-corrected chi connectivity index (χ1v) is 11.7. The first kappa shape index (κ1) is 52.7. The van der Waals surface area contributed by atoms with E-state index in [2.05, 4.69) is 9.78 Å². The number of rotatable bonds is 14. The molecule has 0 saturated carbocycles. The van der Waals surface area contributed by atoms with Gasteiger partial charge in [0.05, 0.1) is 0 Å². The summed E-state index contributed by atoms with van der Waals surface area (Å²) in [6, 6.07) is 0. The van der Waals surface area contributed by atoms with Crippen LogP contribution in [0.3, 0.4) is 0 Å². The standard InChI is InChI=1S/C18H4F30O8/c19-7(20,21)1(51-11(31,32)5(9(25,26)27)53-17(45,46)13(35,36)15(39,40)41)3(49)55-56-4(50)2(8(22,23)24)52-12(33,34)6(10(28,29)30)54-18(47,48)14(37,38)16(42,43)44/h1-2,5-6H. The summed E-state index contributed by atoms with van der Waals surface area (Å²) in [6.07, 6.45) is -101. The lowest BCUT2D eigenvalue weighted by molar-refractivity contribution is -0.480.